The fraction of sp³-hybridized carbons (Fsp3) is 0.286. The van der Waals surface area contributed by atoms with Crippen LogP contribution in [0.5, 0.6) is 11.5 Å². The van der Waals surface area contributed by atoms with Gasteiger partial charge >= 0.3 is 0 Å². The average molecular weight is 524 g/mol. The second-order valence-corrected chi connectivity index (χ2v) is 8.52. The second-order valence-electron chi connectivity index (χ2n) is 8.52. The molecule has 0 unspecified atom stereocenters. The molecule has 0 bridgehead atoms. The number of methoxy groups -OCH3 is 2. The molecule has 0 aliphatic carbocycles. The van der Waals surface area contributed by atoms with Crippen molar-refractivity contribution in [3.63, 3.8) is 0 Å². The van der Waals surface area contributed by atoms with E-state index in [2.05, 4.69) is 10.3 Å². The maximum Gasteiger partial charge on any atom is 0.255 e. The van der Waals surface area contributed by atoms with Gasteiger partial charge < -0.3 is 19.7 Å². The summed E-state index contributed by atoms with van der Waals surface area (Å²) in [5.41, 5.74) is 6.20. The van der Waals surface area contributed by atoms with Crippen molar-refractivity contribution in [2.45, 2.75) is 25.9 Å². The zero-order valence-electron chi connectivity index (χ0n) is 20.9. The molecule has 5 rings (SSSR count). The number of carbonyl (C=O) groups excluding carboxylic acids is 3. The topological polar surface area (TPSA) is 97.8 Å². The van der Waals surface area contributed by atoms with Gasteiger partial charge in [0.2, 0.25) is 0 Å². The number of hydrogen-bond donors (Lipinski definition) is 1. The van der Waals surface area contributed by atoms with Crippen LogP contribution in [0.25, 0.3) is 0 Å². The molecule has 0 saturated heterocycles. The lowest BCUT2D eigenvalue weighted by Crippen LogP contribution is -2.36. The highest BCUT2D eigenvalue weighted by Crippen LogP contribution is 2.29. The number of benzene rings is 2. The summed E-state index contributed by atoms with van der Waals surface area (Å²) >= 11 is 0. The van der Waals surface area contributed by atoms with E-state index in [1.54, 1.807) is 49.7 Å². The van der Waals surface area contributed by atoms with Gasteiger partial charge in [-0.15, -0.1) is 12.4 Å². The van der Waals surface area contributed by atoms with E-state index in [4.69, 9.17) is 9.47 Å². The Morgan fingerprint density at radius 3 is 2.19 bits per heavy atom. The lowest BCUT2D eigenvalue weighted by atomic mass is 9.94. The minimum Gasteiger partial charge on any atom is -0.496 e. The third kappa shape index (κ3) is 5.98. The Hall–Kier alpha value is -3.75. The quantitative estimate of drug-likeness (QED) is 0.509. The van der Waals surface area contributed by atoms with Gasteiger partial charge in [0.05, 0.1) is 30.9 Å². The van der Waals surface area contributed by atoms with Crippen LogP contribution in [-0.2, 0) is 25.9 Å². The van der Waals surface area contributed by atoms with Crippen LogP contribution in [-0.4, -0.2) is 55.7 Å². The summed E-state index contributed by atoms with van der Waals surface area (Å²) < 4.78 is 10.4. The predicted molar refractivity (Wildman–Crippen MR) is 142 cm³/mol. The van der Waals surface area contributed by atoms with Gasteiger partial charge in [0.25, 0.3) is 5.91 Å². The molecule has 3 heterocycles. The Morgan fingerprint density at radius 1 is 0.946 bits per heavy atom. The third-order valence-electron chi connectivity index (χ3n) is 6.56. The smallest absolute Gasteiger partial charge is 0.255 e. The van der Waals surface area contributed by atoms with Crippen LogP contribution in [0.15, 0.2) is 48.8 Å². The van der Waals surface area contributed by atoms with Crippen molar-refractivity contribution in [3.05, 3.63) is 87.7 Å². The number of rotatable bonds is 5. The summed E-state index contributed by atoms with van der Waals surface area (Å²) in [5, 5.41) is 3.27. The molecule has 2 aliphatic heterocycles. The van der Waals surface area contributed by atoms with E-state index in [1.165, 1.54) is 5.56 Å². The van der Waals surface area contributed by atoms with E-state index in [-0.39, 0.29) is 18.3 Å². The van der Waals surface area contributed by atoms with Gasteiger partial charge in [-0.3, -0.25) is 19.4 Å². The minimum atomic E-state index is -0.0396. The maximum atomic E-state index is 12.5. The number of amides is 1. The number of nitrogens with zero attached hydrogens (tertiary/aromatic N) is 2. The monoisotopic (exact) mass is 523 g/mol. The molecule has 0 atom stereocenters. The fourth-order valence-electron chi connectivity index (χ4n) is 4.71. The van der Waals surface area contributed by atoms with Crippen LogP contribution in [0.2, 0.25) is 0 Å². The summed E-state index contributed by atoms with van der Waals surface area (Å²) in [5.74, 6) is 1.23. The van der Waals surface area contributed by atoms with Crippen molar-refractivity contribution < 1.29 is 23.9 Å². The van der Waals surface area contributed by atoms with Crippen LogP contribution in [0.3, 0.4) is 0 Å². The number of aromatic nitrogens is 1. The minimum absolute atomic E-state index is 0. The Morgan fingerprint density at radius 2 is 1.59 bits per heavy atom. The zero-order valence-corrected chi connectivity index (χ0v) is 21.7. The highest BCUT2D eigenvalue weighted by atomic mass is 35.5. The van der Waals surface area contributed by atoms with Crippen LogP contribution in [0, 0.1) is 0 Å². The van der Waals surface area contributed by atoms with E-state index in [1.807, 2.05) is 18.2 Å². The molecule has 0 fully saturated rings. The average Bonchev–Trinajstić information content (AvgIpc) is 2.95. The van der Waals surface area contributed by atoms with E-state index in [0.29, 0.717) is 47.7 Å². The lowest BCUT2D eigenvalue weighted by Gasteiger charge is -2.30. The van der Waals surface area contributed by atoms with Crippen LogP contribution < -0.4 is 14.8 Å². The molecule has 1 amide bonds. The molecule has 1 N–H and O–H groups in total. The van der Waals surface area contributed by atoms with Crippen molar-refractivity contribution in [2.24, 2.45) is 0 Å². The first-order valence-electron chi connectivity index (χ1n) is 11.8. The van der Waals surface area contributed by atoms with Gasteiger partial charge in [-0.05, 0) is 65.9 Å². The Kier molecular flexibility index (Phi) is 9.77. The summed E-state index contributed by atoms with van der Waals surface area (Å²) in [7, 11) is 3.14. The summed E-state index contributed by atoms with van der Waals surface area (Å²) in [4.78, 5) is 40.5. The molecule has 37 heavy (non-hydrogen) atoms. The lowest BCUT2D eigenvalue weighted by molar-refractivity contribution is 0.0734. The van der Waals surface area contributed by atoms with Gasteiger partial charge in [0.1, 0.15) is 11.5 Å². The summed E-state index contributed by atoms with van der Waals surface area (Å²) in [6.07, 6.45) is 6.49. The molecule has 1 aromatic heterocycles. The first-order valence-corrected chi connectivity index (χ1v) is 11.8. The maximum absolute atomic E-state index is 12.5. The molecule has 3 aromatic rings. The Balaban J connectivity index is 0.000000220. The van der Waals surface area contributed by atoms with E-state index in [9.17, 15) is 14.4 Å². The first-order chi connectivity index (χ1) is 17.6. The normalized spacial score (nSPS) is 13.5. The van der Waals surface area contributed by atoms with Crippen LogP contribution in [0.1, 0.15) is 53.3 Å². The molecule has 0 spiro atoms. The SMILES string of the molecule is COc1ccc2c(c1C=O)CCN(C(=O)c1cccnc1)C2.COc1ccc2c(c1C=O)CCNC2.Cl. The molecular formula is C28H30ClN3O5. The second kappa shape index (κ2) is 13.0. The molecule has 0 saturated carbocycles. The number of carbonyl (C=O) groups is 3. The number of fused-ring (bicyclic) bond motifs is 2. The highest BCUT2D eigenvalue weighted by molar-refractivity contribution is 5.94. The fourth-order valence-corrected chi connectivity index (χ4v) is 4.71. The molecule has 2 aliphatic rings. The van der Waals surface area contributed by atoms with Gasteiger partial charge in [0.15, 0.2) is 12.6 Å². The van der Waals surface area contributed by atoms with Crippen molar-refractivity contribution in [1.29, 1.82) is 0 Å². The predicted octanol–water partition coefficient (Wildman–Crippen LogP) is 3.68. The van der Waals surface area contributed by atoms with E-state index in [0.717, 1.165) is 48.8 Å². The molecule has 0 radical (unpaired) electrons. The van der Waals surface area contributed by atoms with Gasteiger partial charge in [-0.25, -0.2) is 0 Å². The van der Waals surface area contributed by atoms with E-state index < -0.39 is 0 Å². The van der Waals surface area contributed by atoms with Crippen LogP contribution >= 0.6 is 12.4 Å². The summed E-state index contributed by atoms with van der Waals surface area (Å²) in [6, 6.07) is 11.1. The molecular weight excluding hydrogens is 494 g/mol. The number of pyridine rings is 1. The number of nitrogens with one attached hydrogen (secondary N) is 1. The summed E-state index contributed by atoms with van der Waals surface area (Å²) in [6.45, 7) is 2.85. The Labute approximate surface area is 222 Å². The van der Waals surface area contributed by atoms with Gasteiger partial charge in [0, 0.05) is 32.0 Å². The number of hydrogen-bond acceptors (Lipinski definition) is 7. The van der Waals surface area contributed by atoms with Crippen molar-refractivity contribution in [2.75, 3.05) is 27.3 Å². The Bertz CT molecular complexity index is 1270. The zero-order chi connectivity index (χ0) is 25.5. The molecule has 8 nitrogen and oxygen atoms in total. The molecule has 194 valence electrons. The largest absolute Gasteiger partial charge is 0.496 e. The van der Waals surface area contributed by atoms with Crippen molar-refractivity contribution in [3.8, 4) is 11.5 Å². The van der Waals surface area contributed by atoms with Crippen molar-refractivity contribution in [1.82, 2.24) is 15.2 Å². The highest BCUT2D eigenvalue weighted by Gasteiger charge is 2.25. The third-order valence-corrected chi connectivity index (χ3v) is 6.56. The van der Waals surface area contributed by atoms with Gasteiger partial charge in [-0.2, -0.15) is 0 Å². The van der Waals surface area contributed by atoms with E-state index >= 15 is 0 Å². The molecule has 9 heteroatoms. The van der Waals surface area contributed by atoms with Crippen LogP contribution in [0.4, 0.5) is 0 Å². The van der Waals surface area contributed by atoms with Gasteiger partial charge in [-0.1, -0.05) is 12.1 Å². The molecule has 2 aromatic carbocycles. The number of aldehydes is 2. The first kappa shape index (κ1) is 27.8. The standard InChI is InChI=1S/C17H16N2O3.C11H13NO2.ClH/c1-22-16-5-4-13-10-19(8-6-14(13)15(16)11-20)17(21)12-3-2-7-18-9-12;1-14-11-3-2-8-6-12-5-4-9(8)10(11)7-13;/h2-5,7,9,11H,6,8,10H2,1H3;2-3,7,12H,4-6H2,1H3;1H. The number of ether oxygens (including phenoxy) is 2. The number of halogens is 1. The van der Waals surface area contributed by atoms with Crippen molar-refractivity contribution >= 4 is 30.9 Å².